The number of benzene rings is 1. The van der Waals surface area contributed by atoms with Crippen molar-refractivity contribution < 1.29 is 1.43 Å². The molecule has 1 aromatic carbocycles. The van der Waals surface area contributed by atoms with Crippen LogP contribution in [0.4, 0.5) is 0 Å². The smallest absolute Gasteiger partial charge is 0 e. The summed E-state index contributed by atoms with van der Waals surface area (Å²) < 4.78 is 0. The molecule has 136 valence electrons. The summed E-state index contributed by atoms with van der Waals surface area (Å²) in [6, 6.07) is 9.36. The summed E-state index contributed by atoms with van der Waals surface area (Å²) in [5.74, 6) is 6.12. The first-order valence-electron chi connectivity index (χ1n) is 11.0. The standard InChI is InChI=1S/C25H34.H2/c1-17-6-8-18(9-7-17)16-20-11-13-23-22(20)14-15-24-21-5-3-2-4-19(21)10-12-25(23)24;/h6-10,20-25H,2-5,11-16H2,1H3;1H. The summed E-state index contributed by atoms with van der Waals surface area (Å²) in [7, 11) is 0. The Morgan fingerprint density at radius 2 is 1.64 bits per heavy atom. The fourth-order valence-electron chi connectivity index (χ4n) is 7.31. The second kappa shape index (κ2) is 6.60. The van der Waals surface area contributed by atoms with E-state index in [0.29, 0.717) is 0 Å². The van der Waals surface area contributed by atoms with Gasteiger partial charge in [0, 0.05) is 1.43 Å². The lowest BCUT2D eigenvalue weighted by Gasteiger charge is -2.49. The zero-order valence-corrected chi connectivity index (χ0v) is 15.9. The summed E-state index contributed by atoms with van der Waals surface area (Å²) >= 11 is 0. The van der Waals surface area contributed by atoms with Crippen molar-refractivity contribution in [2.24, 2.45) is 35.5 Å². The van der Waals surface area contributed by atoms with Crippen LogP contribution in [0.3, 0.4) is 0 Å². The lowest BCUT2D eigenvalue weighted by molar-refractivity contribution is 0.0510. The Bertz CT molecular complexity index is 643. The molecule has 0 N–H and O–H groups in total. The van der Waals surface area contributed by atoms with Crippen LogP contribution in [0.2, 0.25) is 0 Å². The third-order valence-corrected chi connectivity index (χ3v) is 8.45. The van der Waals surface area contributed by atoms with Crippen LogP contribution in [0.1, 0.15) is 70.3 Å². The Morgan fingerprint density at radius 1 is 0.840 bits per heavy atom. The molecule has 1 aromatic rings. The van der Waals surface area contributed by atoms with E-state index in [2.05, 4.69) is 37.3 Å². The molecule has 4 aliphatic rings. The van der Waals surface area contributed by atoms with Crippen molar-refractivity contribution in [1.82, 2.24) is 0 Å². The lowest BCUT2D eigenvalue weighted by atomic mass is 9.56. The molecule has 6 unspecified atom stereocenters. The normalized spacial score (nSPS) is 40.0. The maximum atomic E-state index is 2.71. The molecule has 3 saturated carbocycles. The molecule has 0 amide bonds. The van der Waals surface area contributed by atoms with Gasteiger partial charge in [0.1, 0.15) is 0 Å². The van der Waals surface area contributed by atoms with Crippen molar-refractivity contribution in [1.29, 1.82) is 0 Å². The monoisotopic (exact) mass is 336 g/mol. The van der Waals surface area contributed by atoms with E-state index in [0.717, 1.165) is 35.5 Å². The first-order valence-corrected chi connectivity index (χ1v) is 11.0. The topological polar surface area (TPSA) is 0 Å². The maximum Gasteiger partial charge on any atom is 0 e. The van der Waals surface area contributed by atoms with Crippen molar-refractivity contribution >= 4 is 0 Å². The number of fused-ring (bicyclic) bond motifs is 5. The Balaban J connectivity index is 0.00000168. The second-order valence-corrected chi connectivity index (χ2v) is 9.63. The summed E-state index contributed by atoms with van der Waals surface area (Å²) in [5, 5.41) is 0. The molecule has 0 heterocycles. The average Bonchev–Trinajstić information content (AvgIpc) is 3.06. The summed E-state index contributed by atoms with van der Waals surface area (Å²) in [4.78, 5) is 0. The summed E-state index contributed by atoms with van der Waals surface area (Å²) in [5.41, 5.74) is 4.85. The highest BCUT2D eigenvalue weighted by atomic mass is 14.5. The minimum absolute atomic E-state index is 0. The first-order chi connectivity index (χ1) is 12.3. The highest BCUT2D eigenvalue weighted by Crippen LogP contribution is 2.58. The van der Waals surface area contributed by atoms with Gasteiger partial charge >= 0.3 is 0 Å². The molecule has 0 heteroatoms. The fraction of sp³-hybridized carbons (Fsp3) is 0.680. The van der Waals surface area contributed by atoms with Gasteiger partial charge in [-0.05, 0) is 106 Å². The largest absolute Gasteiger partial charge is 0.0847 e. The summed E-state index contributed by atoms with van der Waals surface area (Å²) in [6.45, 7) is 2.20. The number of rotatable bonds is 2. The van der Waals surface area contributed by atoms with E-state index in [1.165, 1.54) is 69.8 Å². The summed E-state index contributed by atoms with van der Waals surface area (Å²) in [6.07, 6.45) is 17.5. The molecular weight excluding hydrogens is 300 g/mol. The van der Waals surface area contributed by atoms with Crippen LogP contribution < -0.4 is 0 Å². The molecule has 25 heavy (non-hydrogen) atoms. The molecule has 4 aliphatic carbocycles. The van der Waals surface area contributed by atoms with E-state index < -0.39 is 0 Å². The zero-order valence-electron chi connectivity index (χ0n) is 15.9. The Kier molecular flexibility index (Phi) is 4.27. The minimum Gasteiger partial charge on any atom is -0.0847 e. The van der Waals surface area contributed by atoms with Gasteiger partial charge in [0.05, 0.1) is 0 Å². The molecule has 0 aliphatic heterocycles. The Labute approximate surface area is 155 Å². The van der Waals surface area contributed by atoms with Crippen LogP contribution >= 0.6 is 0 Å². The van der Waals surface area contributed by atoms with Gasteiger partial charge in [0.2, 0.25) is 0 Å². The third kappa shape index (κ3) is 2.90. The fourth-order valence-corrected chi connectivity index (χ4v) is 7.31. The molecule has 0 saturated heterocycles. The predicted molar refractivity (Wildman–Crippen MR) is 108 cm³/mol. The van der Waals surface area contributed by atoms with E-state index in [9.17, 15) is 0 Å². The molecule has 0 radical (unpaired) electrons. The van der Waals surface area contributed by atoms with Gasteiger partial charge < -0.3 is 0 Å². The quantitative estimate of drug-likeness (QED) is 0.511. The van der Waals surface area contributed by atoms with Crippen LogP contribution in [0.5, 0.6) is 0 Å². The average molecular weight is 337 g/mol. The molecule has 0 spiro atoms. The molecule has 0 aromatic heterocycles. The van der Waals surface area contributed by atoms with Gasteiger partial charge in [-0.2, -0.15) is 0 Å². The van der Waals surface area contributed by atoms with Crippen LogP contribution in [-0.4, -0.2) is 0 Å². The van der Waals surface area contributed by atoms with Gasteiger partial charge in [0.25, 0.3) is 0 Å². The van der Waals surface area contributed by atoms with Crippen LogP contribution in [0.15, 0.2) is 35.9 Å². The third-order valence-electron chi connectivity index (χ3n) is 8.45. The van der Waals surface area contributed by atoms with Crippen LogP contribution in [0.25, 0.3) is 0 Å². The SMILES string of the molecule is Cc1ccc(CC2CCC3C2CCC2C4CCCCC4=CCC23)cc1.[HH]. The molecular formula is C25H36. The second-order valence-electron chi connectivity index (χ2n) is 9.63. The number of hydrogen-bond donors (Lipinski definition) is 0. The minimum atomic E-state index is 0. The highest BCUT2D eigenvalue weighted by Gasteiger charge is 2.49. The van der Waals surface area contributed by atoms with E-state index in [1.54, 1.807) is 5.56 Å². The van der Waals surface area contributed by atoms with Gasteiger partial charge in [0.15, 0.2) is 0 Å². The van der Waals surface area contributed by atoms with Crippen LogP contribution in [0, 0.1) is 42.4 Å². The molecule has 6 atom stereocenters. The Morgan fingerprint density at radius 3 is 2.52 bits per heavy atom. The maximum absolute atomic E-state index is 2.71. The number of hydrogen-bond acceptors (Lipinski definition) is 0. The van der Waals surface area contributed by atoms with Gasteiger partial charge in [-0.3, -0.25) is 0 Å². The van der Waals surface area contributed by atoms with Gasteiger partial charge in [-0.15, -0.1) is 0 Å². The molecule has 0 nitrogen and oxygen atoms in total. The zero-order chi connectivity index (χ0) is 16.8. The molecule has 0 bridgehead atoms. The Hall–Kier alpha value is -1.04. The molecule has 3 fully saturated rings. The van der Waals surface area contributed by atoms with Crippen molar-refractivity contribution in [3.63, 3.8) is 0 Å². The highest BCUT2D eigenvalue weighted by molar-refractivity contribution is 5.23. The van der Waals surface area contributed by atoms with E-state index in [4.69, 9.17) is 0 Å². The lowest BCUT2D eigenvalue weighted by Crippen LogP contribution is -2.40. The van der Waals surface area contributed by atoms with Gasteiger partial charge in [-0.1, -0.05) is 47.9 Å². The van der Waals surface area contributed by atoms with E-state index >= 15 is 0 Å². The van der Waals surface area contributed by atoms with E-state index in [-0.39, 0.29) is 1.43 Å². The first kappa shape index (κ1) is 16.2. The number of allylic oxidation sites excluding steroid dienone is 2. The number of aryl methyl sites for hydroxylation is 1. The van der Waals surface area contributed by atoms with Crippen LogP contribution in [-0.2, 0) is 6.42 Å². The van der Waals surface area contributed by atoms with Gasteiger partial charge in [-0.25, -0.2) is 0 Å². The van der Waals surface area contributed by atoms with Crippen molar-refractivity contribution in [2.75, 3.05) is 0 Å². The van der Waals surface area contributed by atoms with E-state index in [1.807, 2.05) is 5.57 Å². The van der Waals surface area contributed by atoms with Crippen molar-refractivity contribution in [3.05, 3.63) is 47.0 Å². The predicted octanol–water partition coefficient (Wildman–Crippen LogP) is 6.97. The molecule has 5 rings (SSSR count). The van der Waals surface area contributed by atoms with Crippen molar-refractivity contribution in [2.45, 2.75) is 71.1 Å². The van der Waals surface area contributed by atoms with Crippen molar-refractivity contribution in [3.8, 4) is 0 Å².